The zero-order valence-electron chi connectivity index (χ0n) is 7.99. The zero-order chi connectivity index (χ0) is 9.40. The molecule has 74 valence electrons. The number of hydrogen-bond acceptors (Lipinski definition) is 3. The summed E-state index contributed by atoms with van der Waals surface area (Å²) in [6, 6.07) is 0. The van der Waals surface area contributed by atoms with Crippen molar-refractivity contribution in [1.29, 1.82) is 0 Å². The molecule has 0 aromatic rings. The summed E-state index contributed by atoms with van der Waals surface area (Å²) in [6.45, 7) is 4.67. The van der Waals surface area contributed by atoms with Crippen LogP contribution in [0.25, 0.3) is 0 Å². The Morgan fingerprint density at radius 2 is 1.58 bits per heavy atom. The molecular formula is C9H20O3. The fraction of sp³-hybridized carbons (Fsp3) is 1.00. The molecule has 0 rings (SSSR count). The molecule has 0 radical (unpaired) electrons. The molecule has 2 N–H and O–H groups in total. The van der Waals surface area contributed by atoms with Gasteiger partial charge in [-0.3, -0.25) is 0 Å². The smallest absolute Gasteiger partial charge is 0.104 e. The minimum Gasteiger partial charge on any atom is -0.394 e. The van der Waals surface area contributed by atoms with Crippen LogP contribution in [0.3, 0.4) is 0 Å². The summed E-state index contributed by atoms with van der Waals surface area (Å²) < 4.78 is 5.28. The van der Waals surface area contributed by atoms with Gasteiger partial charge < -0.3 is 14.9 Å². The van der Waals surface area contributed by atoms with E-state index in [1.807, 2.05) is 0 Å². The first-order chi connectivity index (χ1) is 5.78. The maximum Gasteiger partial charge on any atom is 0.104 e. The van der Waals surface area contributed by atoms with E-state index in [1.165, 1.54) is 0 Å². The number of rotatable bonds is 7. The fourth-order valence-corrected chi connectivity index (χ4v) is 0.960. The third kappa shape index (κ3) is 4.70. The van der Waals surface area contributed by atoms with Gasteiger partial charge in [-0.2, -0.15) is 0 Å². The normalized spacial score (nSPS) is 11.5. The predicted octanol–water partition coefficient (Wildman–Crippen LogP) is 0.792. The molecule has 3 nitrogen and oxygen atoms in total. The van der Waals surface area contributed by atoms with Gasteiger partial charge in [0.1, 0.15) is 6.10 Å². The summed E-state index contributed by atoms with van der Waals surface area (Å²) in [7, 11) is 0. The summed E-state index contributed by atoms with van der Waals surface area (Å²) in [6.07, 6.45) is 1.77. The van der Waals surface area contributed by atoms with Gasteiger partial charge in [0.2, 0.25) is 0 Å². The molecule has 0 amide bonds. The number of hydrogen-bond donors (Lipinski definition) is 2. The van der Waals surface area contributed by atoms with Gasteiger partial charge in [-0.1, -0.05) is 26.7 Å². The molecule has 0 aliphatic carbocycles. The van der Waals surface area contributed by atoms with Crippen LogP contribution in [0, 0.1) is 5.92 Å². The first-order valence-electron chi connectivity index (χ1n) is 4.61. The number of ether oxygens (including phenoxy) is 1. The van der Waals surface area contributed by atoms with Gasteiger partial charge in [-0.15, -0.1) is 0 Å². The molecule has 0 fully saturated rings. The van der Waals surface area contributed by atoms with Crippen LogP contribution in [0.2, 0.25) is 0 Å². The van der Waals surface area contributed by atoms with E-state index in [4.69, 9.17) is 14.9 Å². The van der Waals surface area contributed by atoms with Crippen molar-refractivity contribution < 1.29 is 14.9 Å². The van der Waals surface area contributed by atoms with Gasteiger partial charge in [0.15, 0.2) is 0 Å². The highest BCUT2D eigenvalue weighted by atomic mass is 16.5. The Labute approximate surface area is 74.4 Å². The van der Waals surface area contributed by atoms with E-state index >= 15 is 0 Å². The lowest BCUT2D eigenvalue weighted by molar-refractivity contribution is -0.0342. The van der Waals surface area contributed by atoms with Gasteiger partial charge in [-0.05, 0) is 5.92 Å². The van der Waals surface area contributed by atoms with Crippen LogP contribution in [0.1, 0.15) is 26.7 Å². The largest absolute Gasteiger partial charge is 0.394 e. The Balaban J connectivity index is 3.49. The molecule has 12 heavy (non-hydrogen) atoms. The van der Waals surface area contributed by atoms with Gasteiger partial charge >= 0.3 is 0 Å². The second-order valence-corrected chi connectivity index (χ2v) is 3.00. The molecule has 0 bridgehead atoms. The Morgan fingerprint density at radius 1 is 1.08 bits per heavy atom. The maximum atomic E-state index is 8.70. The highest BCUT2D eigenvalue weighted by Crippen LogP contribution is 2.08. The van der Waals surface area contributed by atoms with Crippen molar-refractivity contribution in [3.05, 3.63) is 0 Å². The molecule has 0 unspecified atom stereocenters. The first-order valence-corrected chi connectivity index (χ1v) is 4.61. The van der Waals surface area contributed by atoms with E-state index in [0.717, 1.165) is 12.8 Å². The SMILES string of the molecule is CCC(CC)COC(CO)CO. The van der Waals surface area contributed by atoms with Crippen molar-refractivity contribution in [2.75, 3.05) is 19.8 Å². The van der Waals surface area contributed by atoms with Gasteiger partial charge in [-0.25, -0.2) is 0 Å². The molecule has 0 aromatic carbocycles. The van der Waals surface area contributed by atoms with Gasteiger partial charge in [0.05, 0.1) is 13.2 Å². The summed E-state index contributed by atoms with van der Waals surface area (Å²) in [4.78, 5) is 0. The first kappa shape index (κ1) is 11.9. The van der Waals surface area contributed by atoms with Crippen molar-refractivity contribution >= 4 is 0 Å². The molecule has 0 aliphatic rings. The molecule has 0 saturated carbocycles. The van der Waals surface area contributed by atoms with E-state index < -0.39 is 6.10 Å². The third-order valence-electron chi connectivity index (χ3n) is 2.13. The number of aliphatic hydroxyl groups is 2. The summed E-state index contributed by atoms with van der Waals surface area (Å²) in [5.74, 6) is 0.547. The minimum atomic E-state index is -0.398. The van der Waals surface area contributed by atoms with Crippen LogP contribution in [0.15, 0.2) is 0 Å². The molecule has 0 heterocycles. The minimum absolute atomic E-state index is 0.101. The third-order valence-corrected chi connectivity index (χ3v) is 2.13. The molecule has 0 atom stereocenters. The van der Waals surface area contributed by atoms with Crippen molar-refractivity contribution in [2.45, 2.75) is 32.8 Å². The monoisotopic (exact) mass is 176 g/mol. The van der Waals surface area contributed by atoms with Gasteiger partial charge in [0, 0.05) is 6.61 Å². The number of aliphatic hydroxyl groups excluding tert-OH is 2. The lowest BCUT2D eigenvalue weighted by Crippen LogP contribution is -2.24. The lowest BCUT2D eigenvalue weighted by atomic mass is 10.1. The zero-order valence-corrected chi connectivity index (χ0v) is 7.99. The molecule has 0 saturated heterocycles. The highest BCUT2D eigenvalue weighted by Gasteiger charge is 2.09. The van der Waals surface area contributed by atoms with Crippen LogP contribution in [0.4, 0.5) is 0 Å². The van der Waals surface area contributed by atoms with E-state index in [2.05, 4.69) is 13.8 Å². The van der Waals surface area contributed by atoms with Crippen LogP contribution in [0.5, 0.6) is 0 Å². The van der Waals surface area contributed by atoms with Crippen LogP contribution >= 0.6 is 0 Å². The molecule has 0 aliphatic heterocycles. The maximum absolute atomic E-state index is 8.70. The average Bonchev–Trinajstić information content (AvgIpc) is 2.13. The standard InChI is InChI=1S/C9H20O3/c1-3-8(4-2)7-12-9(5-10)6-11/h8-11H,3-7H2,1-2H3. The average molecular weight is 176 g/mol. The quantitative estimate of drug-likeness (QED) is 0.603. The molecule has 0 spiro atoms. The van der Waals surface area contributed by atoms with Crippen molar-refractivity contribution in [1.82, 2.24) is 0 Å². The lowest BCUT2D eigenvalue weighted by Gasteiger charge is -2.17. The van der Waals surface area contributed by atoms with Crippen molar-refractivity contribution in [3.63, 3.8) is 0 Å². The molecular weight excluding hydrogens is 156 g/mol. The Kier molecular flexibility index (Phi) is 7.45. The summed E-state index contributed by atoms with van der Waals surface area (Å²) in [5.41, 5.74) is 0. The molecule has 3 heteroatoms. The van der Waals surface area contributed by atoms with Crippen LogP contribution < -0.4 is 0 Å². The Hall–Kier alpha value is -0.120. The fourth-order valence-electron chi connectivity index (χ4n) is 0.960. The summed E-state index contributed by atoms with van der Waals surface area (Å²) in [5, 5.41) is 17.4. The predicted molar refractivity (Wildman–Crippen MR) is 48.0 cm³/mol. The van der Waals surface area contributed by atoms with E-state index in [1.54, 1.807) is 0 Å². The van der Waals surface area contributed by atoms with Crippen LogP contribution in [-0.2, 0) is 4.74 Å². The second kappa shape index (κ2) is 7.53. The van der Waals surface area contributed by atoms with Crippen molar-refractivity contribution in [2.24, 2.45) is 5.92 Å². The summed E-state index contributed by atoms with van der Waals surface area (Å²) >= 11 is 0. The Morgan fingerprint density at radius 3 is 1.92 bits per heavy atom. The Bertz CT molecular complexity index is 75.8. The van der Waals surface area contributed by atoms with E-state index in [9.17, 15) is 0 Å². The van der Waals surface area contributed by atoms with Crippen molar-refractivity contribution in [3.8, 4) is 0 Å². The van der Waals surface area contributed by atoms with E-state index in [-0.39, 0.29) is 13.2 Å². The van der Waals surface area contributed by atoms with Crippen LogP contribution in [-0.4, -0.2) is 36.1 Å². The van der Waals surface area contributed by atoms with Gasteiger partial charge in [0.25, 0.3) is 0 Å². The van der Waals surface area contributed by atoms with E-state index in [0.29, 0.717) is 12.5 Å². The second-order valence-electron chi connectivity index (χ2n) is 3.00. The highest BCUT2D eigenvalue weighted by molar-refractivity contribution is 4.57. The topological polar surface area (TPSA) is 49.7 Å². The molecule has 0 aromatic heterocycles.